The SMILES string of the molecule is C[C@@H](O)[C@H](NC(=O)COc1ccccc1)C(=O)O. The fourth-order valence-electron chi connectivity index (χ4n) is 1.27. The predicted molar refractivity (Wildman–Crippen MR) is 63.2 cm³/mol. The Labute approximate surface area is 104 Å². The molecule has 1 aromatic carbocycles. The molecule has 3 N–H and O–H groups in total. The minimum absolute atomic E-state index is 0.305. The second kappa shape index (κ2) is 6.61. The van der Waals surface area contributed by atoms with E-state index in [0.29, 0.717) is 5.75 Å². The molecule has 1 rings (SSSR count). The molecule has 6 heteroatoms. The summed E-state index contributed by atoms with van der Waals surface area (Å²) in [4.78, 5) is 22.2. The molecule has 0 saturated heterocycles. The van der Waals surface area contributed by atoms with E-state index in [0.717, 1.165) is 0 Å². The van der Waals surface area contributed by atoms with E-state index in [2.05, 4.69) is 5.32 Å². The van der Waals surface area contributed by atoms with Gasteiger partial charge in [-0.25, -0.2) is 4.79 Å². The van der Waals surface area contributed by atoms with Gasteiger partial charge in [0.2, 0.25) is 0 Å². The zero-order chi connectivity index (χ0) is 13.5. The van der Waals surface area contributed by atoms with Gasteiger partial charge in [0, 0.05) is 0 Å². The first kappa shape index (κ1) is 14.0. The highest BCUT2D eigenvalue weighted by molar-refractivity contribution is 5.84. The predicted octanol–water partition coefficient (Wildman–Crippen LogP) is 0.0156. The quantitative estimate of drug-likeness (QED) is 0.664. The number of aliphatic hydroxyl groups is 1. The van der Waals surface area contributed by atoms with E-state index < -0.39 is 24.0 Å². The van der Waals surface area contributed by atoms with E-state index in [-0.39, 0.29) is 6.61 Å². The summed E-state index contributed by atoms with van der Waals surface area (Å²) in [7, 11) is 0. The first-order chi connectivity index (χ1) is 8.50. The lowest BCUT2D eigenvalue weighted by Crippen LogP contribution is -2.49. The zero-order valence-corrected chi connectivity index (χ0v) is 9.87. The molecule has 0 unspecified atom stereocenters. The van der Waals surface area contributed by atoms with Crippen molar-refractivity contribution in [2.75, 3.05) is 6.61 Å². The summed E-state index contributed by atoms with van der Waals surface area (Å²) >= 11 is 0. The highest BCUT2D eigenvalue weighted by Crippen LogP contribution is 2.07. The van der Waals surface area contributed by atoms with Gasteiger partial charge in [-0.2, -0.15) is 0 Å². The zero-order valence-electron chi connectivity index (χ0n) is 9.87. The molecule has 6 nitrogen and oxygen atoms in total. The van der Waals surface area contributed by atoms with Crippen LogP contribution in [0, 0.1) is 0 Å². The lowest BCUT2D eigenvalue weighted by atomic mass is 10.2. The van der Waals surface area contributed by atoms with E-state index in [4.69, 9.17) is 9.84 Å². The van der Waals surface area contributed by atoms with Crippen molar-refractivity contribution in [1.29, 1.82) is 0 Å². The number of amides is 1. The lowest BCUT2D eigenvalue weighted by molar-refractivity contribution is -0.145. The lowest BCUT2D eigenvalue weighted by Gasteiger charge is -2.17. The third kappa shape index (κ3) is 4.42. The summed E-state index contributed by atoms with van der Waals surface area (Å²) in [5, 5.41) is 20.1. The molecule has 0 fully saturated rings. The molecule has 0 aliphatic carbocycles. The number of rotatable bonds is 6. The smallest absolute Gasteiger partial charge is 0.328 e. The van der Waals surface area contributed by atoms with Gasteiger partial charge in [-0.3, -0.25) is 4.79 Å². The van der Waals surface area contributed by atoms with Crippen molar-refractivity contribution < 1.29 is 24.5 Å². The Morgan fingerprint density at radius 2 is 1.94 bits per heavy atom. The first-order valence-electron chi connectivity index (χ1n) is 5.39. The minimum Gasteiger partial charge on any atom is -0.484 e. The molecule has 0 bridgehead atoms. The van der Waals surface area contributed by atoms with Crippen LogP contribution >= 0.6 is 0 Å². The van der Waals surface area contributed by atoms with Gasteiger partial charge < -0.3 is 20.3 Å². The van der Waals surface area contributed by atoms with Crippen LogP contribution in [-0.2, 0) is 9.59 Å². The van der Waals surface area contributed by atoms with Crippen molar-refractivity contribution in [3.05, 3.63) is 30.3 Å². The van der Waals surface area contributed by atoms with Crippen molar-refractivity contribution in [2.45, 2.75) is 19.1 Å². The Morgan fingerprint density at radius 3 is 2.44 bits per heavy atom. The van der Waals surface area contributed by atoms with E-state index in [1.54, 1.807) is 30.3 Å². The number of carboxylic acid groups (broad SMARTS) is 1. The molecule has 0 aliphatic rings. The van der Waals surface area contributed by atoms with Crippen molar-refractivity contribution in [2.24, 2.45) is 0 Å². The monoisotopic (exact) mass is 253 g/mol. The van der Waals surface area contributed by atoms with Crippen LogP contribution in [0.25, 0.3) is 0 Å². The van der Waals surface area contributed by atoms with Crippen molar-refractivity contribution in [1.82, 2.24) is 5.32 Å². The molecular formula is C12H15NO5. The topological polar surface area (TPSA) is 95.9 Å². The highest BCUT2D eigenvalue weighted by Gasteiger charge is 2.24. The third-order valence-corrected chi connectivity index (χ3v) is 2.18. The van der Waals surface area contributed by atoms with Gasteiger partial charge in [0.25, 0.3) is 5.91 Å². The van der Waals surface area contributed by atoms with Crippen molar-refractivity contribution >= 4 is 11.9 Å². The second-order valence-corrected chi connectivity index (χ2v) is 3.73. The molecule has 0 spiro atoms. The maximum Gasteiger partial charge on any atom is 0.328 e. The number of carbonyl (C=O) groups is 2. The van der Waals surface area contributed by atoms with Crippen LogP contribution in [0.5, 0.6) is 5.75 Å². The summed E-state index contributed by atoms with van der Waals surface area (Å²) in [6.07, 6.45) is -1.18. The van der Waals surface area contributed by atoms with E-state index in [9.17, 15) is 14.7 Å². The Hall–Kier alpha value is -2.08. The van der Waals surface area contributed by atoms with Gasteiger partial charge >= 0.3 is 5.97 Å². The summed E-state index contributed by atoms with van der Waals surface area (Å²) in [6.45, 7) is 0.984. The maximum atomic E-state index is 11.4. The number of para-hydroxylation sites is 1. The third-order valence-electron chi connectivity index (χ3n) is 2.18. The van der Waals surface area contributed by atoms with Gasteiger partial charge in [0.05, 0.1) is 6.10 Å². The summed E-state index contributed by atoms with van der Waals surface area (Å²) in [6, 6.07) is 7.33. The highest BCUT2D eigenvalue weighted by atomic mass is 16.5. The fraction of sp³-hybridized carbons (Fsp3) is 0.333. The number of carboxylic acids is 1. The molecule has 0 aliphatic heterocycles. The van der Waals surface area contributed by atoms with Gasteiger partial charge in [0.15, 0.2) is 12.6 Å². The molecule has 98 valence electrons. The molecule has 1 amide bonds. The van der Waals surface area contributed by atoms with Gasteiger partial charge in [0.1, 0.15) is 5.75 Å². The van der Waals surface area contributed by atoms with Gasteiger partial charge in [-0.15, -0.1) is 0 Å². The van der Waals surface area contributed by atoms with Gasteiger partial charge in [-0.1, -0.05) is 18.2 Å². The Balaban J connectivity index is 2.44. The standard InChI is InChI=1S/C12H15NO5/c1-8(14)11(12(16)17)13-10(15)7-18-9-5-3-2-4-6-9/h2-6,8,11,14H,7H2,1H3,(H,13,15)(H,16,17)/t8-,11+/m1/s1. The summed E-state index contributed by atoms with van der Waals surface area (Å²) in [5.41, 5.74) is 0. The number of hydrogen-bond donors (Lipinski definition) is 3. The Morgan fingerprint density at radius 1 is 1.33 bits per heavy atom. The molecule has 1 aromatic rings. The second-order valence-electron chi connectivity index (χ2n) is 3.73. The van der Waals surface area contributed by atoms with Crippen LogP contribution < -0.4 is 10.1 Å². The average molecular weight is 253 g/mol. The number of ether oxygens (including phenoxy) is 1. The summed E-state index contributed by atoms with van der Waals surface area (Å²) < 4.78 is 5.14. The first-order valence-corrected chi connectivity index (χ1v) is 5.39. The normalized spacial score (nSPS) is 13.4. The Bertz CT molecular complexity index is 404. The summed E-state index contributed by atoms with van der Waals surface area (Å²) in [5.74, 6) is -1.39. The molecule has 0 aromatic heterocycles. The molecule has 0 saturated carbocycles. The number of aliphatic carboxylic acids is 1. The van der Waals surface area contributed by atoms with Gasteiger partial charge in [-0.05, 0) is 19.1 Å². The maximum absolute atomic E-state index is 11.4. The number of aliphatic hydroxyl groups excluding tert-OH is 1. The van der Waals surface area contributed by atoms with E-state index in [1.807, 2.05) is 0 Å². The van der Waals surface area contributed by atoms with E-state index >= 15 is 0 Å². The van der Waals surface area contributed by atoms with Crippen LogP contribution in [-0.4, -0.2) is 40.8 Å². The van der Waals surface area contributed by atoms with Crippen LogP contribution in [0.1, 0.15) is 6.92 Å². The molecule has 0 heterocycles. The minimum atomic E-state index is -1.34. The number of carbonyl (C=O) groups excluding carboxylic acids is 1. The van der Waals surface area contributed by atoms with Crippen LogP contribution in [0.2, 0.25) is 0 Å². The number of nitrogens with one attached hydrogen (secondary N) is 1. The van der Waals surface area contributed by atoms with Crippen LogP contribution in [0.15, 0.2) is 30.3 Å². The van der Waals surface area contributed by atoms with E-state index in [1.165, 1.54) is 6.92 Å². The Kier molecular flexibility index (Phi) is 5.13. The van der Waals surface area contributed by atoms with Crippen LogP contribution in [0.3, 0.4) is 0 Å². The average Bonchev–Trinajstić information content (AvgIpc) is 2.34. The number of hydrogen-bond acceptors (Lipinski definition) is 4. The number of benzene rings is 1. The van der Waals surface area contributed by atoms with Crippen molar-refractivity contribution in [3.63, 3.8) is 0 Å². The fourth-order valence-corrected chi connectivity index (χ4v) is 1.27. The molecule has 2 atom stereocenters. The largest absolute Gasteiger partial charge is 0.484 e. The molecule has 18 heavy (non-hydrogen) atoms. The molecular weight excluding hydrogens is 238 g/mol. The van der Waals surface area contributed by atoms with Crippen LogP contribution in [0.4, 0.5) is 0 Å². The molecule has 0 radical (unpaired) electrons. The van der Waals surface area contributed by atoms with Crippen molar-refractivity contribution in [3.8, 4) is 5.75 Å².